The van der Waals surface area contributed by atoms with Gasteiger partial charge >= 0.3 is 0 Å². The zero-order valence-electron chi connectivity index (χ0n) is 16.2. The largest absolute Gasteiger partial charge is 0.508 e. The van der Waals surface area contributed by atoms with Crippen LogP contribution < -0.4 is 0 Å². The van der Waals surface area contributed by atoms with Gasteiger partial charge in [0.1, 0.15) is 33.0 Å². The summed E-state index contributed by atoms with van der Waals surface area (Å²) in [4.78, 5) is 0. The van der Waals surface area contributed by atoms with E-state index in [-0.39, 0.29) is 23.0 Å². The zero-order chi connectivity index (χ0) is 22.2. The molecule has 0 aliphatic rings. The fraction of sp³-hybridized carbons (Fsp3) is 0. The summed E-state index contributed by atoms with van der Waals surface area (Å²) < 4.78 is 0. The minimum absolute atomic E-state index is 0.0213. The Morgan fingerprint density at radius 3 is 1.22 bits per heavy atom. The SMILES string of the molecule is Oc1ccc(-c2nnc(-c3ccc(-c4nnc(-c5ccc(O)cc5O)s4)cc3)s2)c(O)c1. The molecule has 32 heavy (non-hydrogen) atoms. The average molecular weight is 463 g/mol. The van der Waals surface area contributed by atoms with Crippen molar-refractivity contribution in [2.24, 2.45) is 0 Å². The van der Waals surface area contributed by atoms with Crippen LogP contribution in [0.25, 0.3) is 42.3 Å². The van der Waals surface area contributed by atoms with Crippen LogP contribution in [0.4, 0.5) is 0 Å². The van der Waals surface area contributed by atoms with Gasteiger partial charge in [-0.1, -0.05) is 46.9 Å². The highest BCUT2D eigenvalue weighted by Gasteiger charge is 2.15. The van der Waals surface area contributed by atoms with E-state index in [1.165, 1.54) is 46.9 Å². The van der Waals surface area contributed by atoms with Gasteiger partial charge in [0.25, 0.3) is 0 Å². The van der Waals surface area contributed by atoms with Crippen molar-refractivity contribution in [2.75, 3.05) is 0 Å². The van der Waals surface area contributed by atoms with E-state index in [4.69, 9.17) is 0 Å². The summed E-state index contributed by atoms with van der Waals surface area (Å²) in [6.07, 6.45) is 0. The van der Waals surface area contributed by atoms with Crippen LogP contribution in [-0.2, 0) is 0 Å². The van der Waals surface area contributed by atoms with E-state index in [0.717, 1.165) is 11.1 Å². The Hall–Kier alpha value is -4.02. The molecule has 8 nitrogen and oxygen atoms in total. The zero-order valence-corrected chi connectivity index (χ0v) is 17.8. The van der Waals surface area contributed by atoms with Gasteiger partial charge in [0.2, 0.25) is 0 Å². The van der Waals surface area contributed by atoms with Gasteiger partial charge in [0.15, 0.2) is 10.0 Å². The molecule has 158 valence electrons. The van der Waals surface area contributed by atoms with Gasteiger partial charge in [-0.3, -0.25) is 0 Å². The minimum atomic E-state index is -0.0604. The molecule has 0 unspecified atom stereocenters. The number of phenols is 4. The number of hydrogen-bond donors (Lipinski definition) is 4. The second-order valence-electron chi connectivity index (χ2n) is 6.80. The molecule has 10 heteroatoms. The molecule has 0 aliphatic carbocycles. The molecular formula is C22H14N4O4S2. The van der Waals surface area contributed by atoms with Gasteiger partial charge in [0.05, 0.1) is 11.1 Å². The molecule has 5 aromatic rings. The van der Waals surface area contributed by atoms with E-state index < -0.39 is 0 Å². The second-order valence-corrected chi connectivity index (χ2v) is 8.76. The highest BCUT2D eigenvalue weighted by Crippen LogP contribution is 2.38. The number of aromatic hydroxyl groups is 4. The van der Waals surface area contributed by atoms with E-state index in [1.54, 1.807) is 12.1 Å². The first-order valence-electron chi connectivity index (χ1n) is 9.30. The first kappa shape index (κ1) is 19.9. The Balaban J connectivity index is 1.39. The molecule has 0 atom stereocenters. The average Bonchev–Trinajstić information content (AvgIpc) is 3.44. The Kier molecular flexibility index (Phi) is 4.92. The molecule has 0 aliphatic heterocycles. The van der Waals surface area contributed by atoms with Gasteiger partial charge in [-0.2, -0.15) is 0 Å². The van der Waals surface area contributed by atoms with Crippen molar-refractivity contribution in [3.63, 3.8) is 0 Å². The van der Waals surface area contributed by atoms with Crippen LogP contribution in [0, 0.1) is 0 Å². The number of aromatic nitrogens is 4. The van der Waals surface area contributed by atoms with Crippen LogP contribution in [0.3, 0.4) is 0 Å². The number of nitrogens with zero attached hydrogens (tertiary/aromatic N) is 4. The normalized spacial score (nSPS) is 11.0. The molecule has 0 spiro atoms. The molecular weight excluding hydrogens is 448 g/mol. The molecule has 0 fully saturated rings. The van der Waals surface area contributed by atoms with E-state index in [2.05, 4.69) is 20.4 Å². The van der Waals surface area contributed by atoms with E-state index in [9.17, 15) is 20.4 Å². The third-order valence-corrected chi connectivity index (χ3v) is 6.66. The predicted molar refractivity (Wildman–Crippen MR) is 122 cm³/mol. The maximum atomic E-state index is 10.0. The van der Waals surface area contributed by atoms with Gasteiger partial charge in [-0.05, 0) is 24.3 Å². The molecule has 0 saturated heterocycles. The summed E-state index contributed by atoms with van der Waals surface area (Å²) in [5.74, 6) is -0.163. The lowest BCUT2D eigenvalue weighted by atomic mass is 10.1. The molecule has 2 aromatic heterocycles. The van der Waals surface area contributed by atoms with E-state index in [1.807, 2.05) is 24.3 Å². The Bertz CT molecular complexity index is 1320. The molecule has 2 heterocycles. The highest BCUT2D eigenvalue weighted by atomic mass is 32.1. The first-order valence-corrected chi connectivity index (χ1v) is 10.9. The van der Waals surface area contributed by atoms with Crippen LogP contribution in [0.1, 0.15) is 0 Å². The van der Waals surface area contributed by atoms with E-state index in [0.29, 0.717) is 31.2 Å². The number of hydrogen-bond acceptors (Lipinski definition) is 10. The lowest BCUT2D eigenvalue weighted by Crippen LogP contribution is -1.80. The van der Waals surface area contributed by atoms with Gasteiger partial charge in [0, 0.05) is 23.3 Å². The van der Waals surface area contributed by atoms with Crippen molar-refractivity contribution in [1.29, 1.82) is 0 Å². The van der Waals surface area contributed by atoms with Crippen molar-refractivity contribution >= 4 is 22.7 Å². The Morgan fingerprint density at radius 1 is 0.469 bits per heavy atom. The van der Waals surface area contributed by atoms with Crippen LogP contribution in [0.5, 0.6) is 23.0 Å². The summed E-state index contributed by atoms with van der Waals surface area (Å²) in [5.41, 5.74) is 2.72. The maximum absolute atomic E-state index is 10.0. The second kappa shape index (κ2) is 7.91. The quantitative estimate of drug-likeness (QED) is 0.297. The van der Waals surface area contributed by atoms with Crippen LogP contribution in [-0.4, -0.2) is 40.8 Å². The van der Waals surface area contributed by atoms with Crippen molar-refractivity contribution in [3.05, 3.63) is 60.7 Å². The summed E-state index contributed by atoms with van der Waals surface area (Å²) in [7, 11) is 0. The first-order chi connectivity index (χ1) is 15.5. The van der Waals surface area contributed by atoms with Crippen molar-refractivity contribution in [2.45, 2.75) is 0 Å². The summed E-state index contributed by atoms with van der Waals surface area (Å²) in [6.45, 7) is 0. The molecule has 4 N–H and O–H groups in total. The van der Waals surface area contributed by atoms with Gasteiger partial charge in [-0.25, -0.2) is 0 Å². The molecule has 0 radical (unpaired) electrons. The fourth-order valence-corrected chi connectivity index (χ4v) is 4.82. The third-order valence-electron chi connectivity index (χ3n) is 4.65. The van der Waals surface area contributed by atoms with Crippen LogP contribution >= 0.6 is 22.7 Å². The third kappa shape index (κ3) is 3.72. The Labute approximate surface area is 189 Å². The number of phenolic OH excluding ortho intramolecular Hbond substituents is 4. The summed E-state index contributed by atoms with van der Waals surface area (Å²) in [5, 5.41) is 58.2. The number of benzene rings is 3. The van der Waals surface area contributed by atoms with Crippen molar-refractivity contribution < 1.29 is 20.4 Å². The van der Waals surface area contributed by atoms with Gasteiger partial charge in [-0.15, -0.1) is 20.4 Å². The standard InChI is InChI=1S/C22H14N4O4S2/c27-13-5-7-15(17(29)9-13)21-25-23-19(31-21)11-1-2-12(4-3-11)20-24-26-22(32-20)16-8-6-14(28)10-18(16)30/h1-10,27-30H. The van der Waals surface area contributed by atoms with Crippen LogP contribution in [0.2, 0.25) is 0 Å². The summed E-state index contributed by atoms with van der Waals surface area (Å²) >= 11 is 2.65. The lowest BCUT2D eigenvalue weighted by molar-refractivity contribution is 0.450. The maximum Gasteiger partial charge on any atom is 0.151 e. The number of rotatable bonds is 4. The predicted octanol–water partition coefficient (Wildman–Crippen LogP) is 4.88. The minimum Gasteiger partial charge on any atom is -0.508 e. The van der Waals surface area contributed by atoms with Crippen molar-refractivity contribution in [3.8, 4) is 65.3 Å². The highest BCUT2D eigenvalue weighted by molar-refractivity contribution is 7.18. The Morgan fingerprint density at radius 2 is 0.844 bits per heavy atom. The molecule has 3 aromatic carbocycles. The van der Waals surface area contributed by atoms with Crippen LogP contribution in [0.15, 0.2) is 60.7 Å². The fourth-order valence-electron chi connectivity index (χ4n) is 3.05. The van der Waals surface area contributed by atoms with Crippen molar-refractivity contribution in [1.82, 2.24) is 20.4 Å². The monoisotopic (exact) mass is 462 g/mol. The van der Waals surface area contributed by atoms with Gasteiger partial charge < -0.3 is 20.4 Å². The summed E-state index contributed by atoms with van der Waals surface area (Å²) in [6, 6.07) is 16.3. The lowest BCUT2D eigenvalue weighted by Gasteiger charge is -2.01. The molecule has 5 rings (SSSR count). The molecule has 0 bridgehead atoms. The molecule has 0 amide bonds. The topological polar surface area (TPSA) is 132 Å². The molecule has 0 saturated carbocycles. The smallest absolute Gasteiger partial charge is 0.151 e. The van der Waals surface area contributed by atoms with E-state index >= 15 is 0 Å².